The van der Waals surface area contributed by atoms with E-state index in [2.05, 4.69) is 52.8 Å². The zero-order valence-corrected chi connectivity index (χ0v) is 11.2. The lowest BCUT2D eigenvalue weighted by molar-refractivity contribution is 1.26. The molecule has 0 aliphatic rings. The highest BCUT2D eigenvalue weighted by Crippen LogP contribution is 2.35. The number of aromatic nitrogens is 1. The zero-order valence-electron chi connectivity index (χ0n) is 10.4. The molecule has 3 heteroatoms. The fourth-order valence-corrected chi connectivity index (χ4v) is 3.11. The van der Waals surface area contributed by atoms with Crippen LogP contribution in [0.2, 0.25) is 0 Å². The quantitative estimate of drug-likeness (QED) is 0.737. The lowest BCUT2D eigenvalue weighted by Gasteiger charge is -2.02. The van der Waals surface area contributed by atoms with E-state index in [-0.39, 0.29) is 0 Å². The fraction of sp³-hybridized carbons (Fsp3) is 0.133. The summed E-state index contributed by atoms with van der Waals surface area (Å²) in [6.07, 6.45) is 0. The van der Waals surface area contributed by atoms with Crippen LogP contribution in [-0.2, 0) is 0 Å². The van der Waals surface area contributed by atoms with Crippen molar-refractivity contribution < 1.29 is 0 Å². The van der Waals surface area contributed by atoms with Gasteiger partial charge in [0.2, 0.25) is 0 Å². The molecule has 1 heterocycles. The molecule has 0 radical (unpaired) electrons. The van der Waals surface area contributed by atoms with Crippen molar-refractivity contribution in [1.29, 1.82) is 0 Å². The van der Waals surface area contributed by atoms with E-state index >= 15 is 0 Å². The van der Waals surface area contributed by atoms with Crippen LogP contribution in [0.1, 0.15) is 5.69 Å². The van der Waals surface area contributed by atoms with Crippen LogP contribution in [0.15, 0.2) is 42.5 Å². The maximum Gasteiger partial charge on any atom is 0.126 e. The van der Waals surface area contributed by atoms with E-state index in [0.717, 1.165) is 15.7 Å². The van der Waals surface area contributed by atoms with E-state index in [1.807, 2.05) is 14.0 Å². The average molecular weight is 254 g/mol. The van der Waals surface area contributed by atoms with Gasteiger partial charge < -0.3 is 5.32 Å². The second-order valence-electron chi connectivity index (χ2n) is 4.21. The summed E-state index contributed by atoms with van der Waals surface area (Å²) >= 11 is 1.71. The SMILES string of the molecule is CNc1sc(-c2cccc3ccccc23)nc1C. The van der Waals surface area contributed by atoms with Crippen LogP contribution in [0.4, 0.5) is 5.00 Å². The van der Waals surface area contributed by atoms with E-state index in [9.17, 15) is 0 Å². The van der Waals surface area contributed by atoms with Crippen molar-refractivity contribution in [2.75, 3.05) is 12.4 Å². The monoisotopic (exact) mass is 254 g/mol. The van der Waals surface area contributed by atoms with Crippen LogP contribution < -0.4 is 5.32 Å². The number of nitrogens with one attached hydrogen (secondary N) is 1. The molecule has 0 unspecified atom stereocenters. The van der Waals surface area contributed by atoms with E-state index in [0.29, 0.717) is 0 Å². The van der Waals surface area contributed by atoms with Gasteiger partial charge in [-0.3, -0.25) is 0 Å². The molecule has 1 N–H and O–H groups in total. The van der Waals surface area contributed by atoms with Crippen molar-refractivity contribution in [3.63, 3.8) is 0 Å². The molecule has 2 aromatic carbocycles. The van der Waals surface area contributed by atoms with Gasteiger partial charge in [-0.15, -0.1) is 0 Å². The molecule has 0 spiro atoms. The van der Waals surface area contributed by atoms with Gasteiger partial charge in [-0.1, -0.05) is 53.8 Å². The van der Waals surface area contributed by atoms with E-state index in [4.69, 9.17) is 0 Å². The molecule has 90 valence electrons. The van der Waals surface area contributed by atoms with E-state index < -0.39 is 0 Å². The fourth-order valence-electron chi connectivity index (χ4n) is 2.16. The molecule has 3 rings (SSSR count). The Bertz CT molecular complexity index is 695. The number of rotatable bonds is 2. The molecule has 18 heavy (non-hydrogen) atoms. The minimum Gasteiger partial charge on any atom is -0.378 e. The van der Waals surface area contributed by atoms with Crippen LogP contribution in [0.3, 0.4) is 0 Å². The van der Waals surface area contributed by atoms with Gasteiger partial charge in [-0.25, -0.2) is 4.98 Å². The smallest absolute Gasteiger partial charge is 0.126 e. The van der Waals surface area contributed by atoms with Gasteiger partial charge in [0.1, 0.15) is 10.0 Å². The van der Waals surface area contributed by atoms with Gasteiger partial charge in [0.25, 0.3) is 0 Å². The molecule has 0 saturated carbocycles. The Kier molecular flexibility index (Phi) is 2.76. The minimum atomic E-state index is 1.06. The summed E-state index contributed by atoms with van der Waals surface area (Å²) in [6.45, 7) is 2.04. The van der Waals surface area contributed by atoms with Crippen molar-refractivity contribution in [3.05, 3.63) is 48.2 Å². The average Bonchev–Trinajstić information content (AvgIpc) is 2.79. The van der Waals surface area contributed by atoms with Gasteiger partial charge in [0.15, 0.2) is 0 Å². The van der Waals surface area contributed by atoms with Crippen molar-refractivity contribution in [2.24, 2.45) is 0 Å². The van der Waals surface area contributed by atoms with Crippen LogP contribution >= 0.6 is 11.3 Å². The molecule has 0 fully saturated rings. The Morgan fingerprint density at radius 3 is 2.61 bits per heavy atom. The standard InChI is InChI=1S/C15H14N2S/c1-10-14(16-2)18-15(17-10)13-9-5-7-11-6-3-4-8-12(11)13/h3-9,16H,1-2H3. The lowest BCUT2D eigenvalue weighted by Crippen LogP contribution is -1.85. The van der Waals surface area contributed by atoms with Crippen molar-refractivity contribution in [3.8, 4) is 10.6 Å². The summed E-state index contributed by atoms with van der Waals surface area (Å²) < 4.78 is 0. The van der Waals surface area contributed by atoms with Crippen molar-refractivity contribution in [2.45, 2.75) is 6.92 Å². The lowest BCUT2D eigenvalue weighted by atomic mass is 10.1. The summed E-state index contributed by atoms with van der Waals surface area (Å²) in [6, 6.07) is 14.8. The molecule has 0 atom stereocenters. The van der Waals surface area contributed by atoms with Gasteiger partial charge >= 0.3 is 0 Å². The first-order valence-electron chi connectivity index (χ1n) is 5.93. The van der Waals surface area contributed by atoms with Gasteiger partial charge in [-0.05, 0) is 17.7 Å². The maximum atomic E-state index is 4.66. The number of hydrogen-bond donors (Lipinski definition) is 1. The first-order chi connectivity index (χ1) is 8.79. The van der Waals surface area contributed by atoms with Gasteiger partial charge in [0.05, 0.1) is 5.69 Å². The largest absolute Gasteiger partial charge is 0.378 e. The summed E-state index contributed by atoms with van der Waals surface area (Å²) in [5.74, 6) is 0. The summed E-state index contributed by atoms with van der Waals surface area (Å²) in [4.78, 5) is 4.66. The molecule has 1 aromatic heterocycles. The topological polar surface area (TPSA) is 24.9 Å². The summed E-state index contributed by atoms with van der Waals surface area (Å²) in [7, 11) is 1.94. The highest BCUT2D eigenvalue weighted by Gasteiger charge is 2.10. The Morgan fingerprint density at radius 2 is 1.83 bits per heavy atom. The maximum absolute atomic E-state index is 4.66. The highest BCUT2D eigenvalue weighted by molar-refractivity contribution is 7.19. The third-order valence-electron chi connectivity index (χ3n) is 3.04. The molecule has 3 aromatic rings. The number of anilines is 1. The van der Waals surface area contributed by atoms with Crippen LogP contribution in [0, 0.1) is 6.92 Å². The number of thiazole rings is 1. The molecule has 0 aliphatic heterocycles. The molecular formula is C15H14N2S. The second-order valence-corrected chi connectivity index (χ2v) is 5.21. The van der Waals surface area contributed by atoms with Crippen LogP contribution in [-0.4, -0.2) is 12.0 Å². The first-order valence-corrected chi connectivity index (χ1v) is 6.74. The van der Waals surface area contributed by atoms with Crippen LogP contribution in [0.25, 0.3) is 21.3 Å². The predicted molar refractivity (Wildman–Crippen MR) is 79.3 cm³/mol. The number of hydrogen-bond acceptors (Lipinski definition) is 3. The first kappa shape index (κ1) is 11.2. The minimum absolute atomic E-state index is 1.06. The van der Waals surface area contributed by atoms with Gasteiger partial charge in [0, 0.05) is 12.6 Å². The van der Waals surface area contributed by atoms with Crippen molar-refractivity contribution >= 4 is 27.1 Å². The Balaban J connectivity index is 2.24. The van der Waals surface area contributed by atoms with Crippen LogP contribution in [0.5, 0.6) is 0 Å². The highest BCUT2D eigenvalue weighted by atomic mass is 32.1. The van der Waals surface area contributed by atoms with Crippen molar-refractivity contribution in [1.82, 2.24) is 4.98 Å². The van der Waals surface area contributed by atoms with Gasteiger partial charge in [-0.2, -0.15) is 0 Å². The molecule has 2 nitrogen and oxygen atoms in total. The third-order valence-corrected chi connectivity index (χ3v) is 4.25. The second kappa shape index (κ2) is 4.42. The summed E-state index contributed by atoms with van der Waals surface area (Å²) in [5, 5.41) is 7.92. The molecular weight excluding hydrogens is 240 g/mol. The molecule has 0 bridgehead atoms. The number of benzene rings is 2. The third kappa shape index (κ3) is 1.77. The Hall–Kier alpha value is -1.87. The Labute approximate surface area is 110 Å². The molecule has 0 amide bonds. The van der Waals surface area contributed by atoms with E-state index in [1.165, 1.54) is 16.3 Å². The predicted octanol–water partition coefficient (Wildman–Crippen LogP) is 4.31. The number of nitrogens with zero attached hydrogens (tertiary/aromatic N) is 1. The van der Waals surface area contributed by atoms with E-state index in [1.54, 1.807) is 11.3 Å². The Morgan fingerprint density at radius 1 is 1.06 bits per heavy atom. The zero-order chi connectivity index (χ0) is 12.5. The molecule has 0 saturated heterocycles. The number of fused-ring (bicyclic) bond motifs is 1. The number of aryl methyl sites for hydroxylation is 1. The molecule has 0 aliphatic carbocycles. The normalized spacial score (nSPS) is 10.8. The summed E-state index contributed by atoms with van der Waals surface area (Å²) in [5.41, 5.74) is 2.27.